The average Bonchev–Trinajstić information content (AvgIpc) is 2.35. The van der Waals surface area contributed by atoms with Gasteiger partial charge in [-0.2, -0.15) is 0 Å². The molecule has 0 aliphatic rings. The Hall–Kier alpha value is -1.47. The van der Waals surface area contributed by atoms with Crippen LogP contribution < -0.4 is 15.6 Å². The number of nitrogen functional groups attached to an aromatic ring is 1. The lowest BCUT2D eigenvalue weighted by molar-refractivity contribution is 0.483. The Kier molecular flexibility index (Phi) is 4.10. The lowest BCUT2D eigenvalue weighted by Gasteiger charge is -2.10. The number of nitrogens with two attached hydrogens (primary N) is 2. The fourth-order valence-electron chi connectivity index (χ4n) is 1.45. The first-order valence-corrected chi connectivity index (χ1v) is 7.63. The molecule has 2 rings (SSSR count). The van der Waals surface area contributed by atoms with Crippen molar-refractivity contribution in [2.75, 3.05) is 5.73 Å². The molecular weight excluding hydrogens is 323 g/mol. The van der Waals surface area contributed by atoms with Crippen molar-refractivity contribution in [3.8, 4) is 11.5 Å². The Morgan fingerprint density at radius 2 is 1.70 bits per heavy atom. The lowest BCUT2D eigenvalue weighted by Crippen LogP contribution is -2.12. The molecular formula is C12H10Cl2N2O3S. The molecule has 4 N–H and O–H groups in total. The van der Waals surface area contributed by atoms with Gasteiger partial charge in [0, 0.05) is 12.1 Å². The molecule has 0 saturated heterocycles. The number of anilines is 1. The van der Waals surface area contributed by atoms with E-state index in [1.165, 1.54) is 24.3 Å². The van der Waals surface area contributed by atoms with Crippen molar-refractivity contribution in [1.29, 1.82) is 0 Å². The molecule has 0 fully saturated rings. The normalized spacial score (nSPS) is 11.3. The molecule has 0 aromatic heterocycles. The molecule has 0 bridgehead atoms. The summed E-state index contributed by atoms with van der Waals surface area (Å²) in [7, 11) is -3.83. The Bertz CT molecular complexity index is 763. The van der Waals surface area contributed by atoms with Gasteiger partial charge in [0.25, 0.3) is 0 Å². The molecule has 0 atom stereocenters. The number of hydrogen-bond donors (Lipinski definition) is 2. The van der Waals surface area contributed by atoms with Crippen LogP contribution in [-0.2, 0) is 10.0 Å². The van der Waals surface area contributed by atoms with Gasteiger partial charge in [-0.3, -0.25) is 0 Å². The Labute approximate surface area is 126 Å². The summed E-state index contributed by atoms with van der Waals surface area (Å²) in [4.78, 5) is -0.0956. The minimum atomic E-state index is -3.83. The zero-order valence-electron chi connectivity index (χ0n) is 10.0. The summed E-state index contributed by atoms with van der Waals surface area (Å²) in [5.74, 6) is 0.535. The number of rotatable bonds is 3. The highest BCUT2D eigenvalue weighted by Gasteiger charge is 2.12. The van der Waals surface area contributed by atoms with E-state index in [1.807, 2.05) is 0 Å². The number of primary sulfonamides is 1. The molecule has 0 saturated carbocycles. The maximum absolute atomic E-state index is 11.3. The van der Waals surface area contributed by atoms with E-state index in [9.17, 15) is 8.42 Å². The maximum Gasteiger partial charge on any atom is 0.238 e. The van der Waals surface area contributed by atoms with Crippen LogP contribution in [0, 0.1) is 0 Å². The molecule has 2 aromatic carbocycles. The minimum Gasteiger partial charge on any atom is -0.455 e. The second-order valence-electron chi connectivity index (χ2n) is 3.92. The predicted octanol–water partition coefficient (Wildman–Crippen LogP) is 3.02. The first-order valence-electron chi connectivity index (χ1n) is 5.32. The fourth-order valence-corrected chi connectivity index (χ4v) is 2.26. The third-order valence-electron chi connectivity index (χ3n) is 2.43. The van der Waals surface area contributed by atoms with Crippen LogP contribution in [0.25, 0.3) is 0 Å². The average molecular weight is 333 g/mol. The van der Waals surface area contributed by atoms with Crippen molar-refractivity contribution >= 4 is 38.9 Å². The number of sulfonamides is 1. The standard InChI is InChI=1S/C12H10Cl2N2O3S/c13-9-3-1-7(5-10(9)14)19-12-6-8(20(16,17)18)2-4-11(12)15/h1-6H,15H2,(H2,16,17,18). The summed E-state index contributed by atoms with van der Waals surface area (Å²) in [5, 5.41) is 5.74. The molecule has 0 radical (unpaired) electrons. The molecule has 2 aromatic rings. The van der Waals surface area contributed by atoms with Crippen LogP contribution in [0.2, 0.25) is 10.0 Å². The summed E-state index contributed by atoms with van der Waals surface area (Å²) in [6, 6.07) is 8.56. The van der Waals surface area contributed by atoms with E-state index in [2.05, 4.69) is 0 Å². The van der Waals surface area contributed by atoms with Crippen molar-refractivity contribution in [3.63, 3.8) is 0 Å². The number of halogens is 2. The summed E-state index contributed by atoms with van der Waals surface area (Å²) in [6.07, 6.45) is 0. The van der Waals surface area contributed by atoms with Crippen molar-refractivity contribution in [3.05, 3.63) is 46.4 Å². The third-order valence-corrected chi connectivity index (χ3v) is 4.08. The minimum absolute atomic E-state index is 0.0956. The number of benzene rings is 2. The quantitative estimate of drug-likeness (QED) is 0.844. The molecule has 8 heteroatoms. The highest BCUT2D eigenvalue weighted by Crippen LogP contribution is 2.33. The number of hydrogen-bond acceptors (Lipinski definition) is 4. The van der Waals surface area contributed by atoms with Gasteiger partial charge >= 0.3 is 0 Å². The largest absolute Gasteiger partial charge is 0.455 e. The van der Waals surface area contributed by atoms with Gasteiger partial charge in [0.05, 0.1) is 20.6 Å². The topological polar surface area (TPSA) is 95.4 Å². The Balaban J connectivity index is 2.40. The van der Waals surface area contributed by atoms with Crippen LogP contribution >= 0.6 is 23.2 Å². The van der Waals surface area contributed by atoms with Gasteiger partial charge in [0.2, 0.25) is 10.0 Å². The zero-order valence-corrected chi connectivity index (χ0v) is 12.3. The molecule has 106 valence electrons. The maximum atomic E-state index is 11.3. The molecule has 20 heavy (non-hydrogen) atoms. The first kappa shape index (κ1) is 14.9. The summed E-state index contributed by atoms with van der Waals surface area (Å²) in [5.41, 5.74) is 6.00. The first-order chi connectivity index (χ1) is 9.27. The van der Waals surface area contributed by atoms with Crippen molar-refractivity contribution < 1.29 is 13.2 Å². The second kappa shape index (κ2) is 5.49. The van der Waals surface area contributed by atoms with E-state index in [4.69, 9.17) is 38.8 Å². The van der Waals surface area contributed by atoms with Crippen molar-refractivity contribution in [1.82, 2.24) is 0 Å². The molecule has 5 nitrogen and oxygen atoms in total. The SMILES string of the molecule is Nc1ccc(S(N)(=O)=O)cc1Oc1ccc(Cl)c(Cl)c1. The fraction of sp³-hybridized carbons (Fsp3) is 0. The molecule has 0 unspecified atom stereocenters. The van der Waals surface area contributed by atoms with Gasteiger partial charge in [-0.05, 0) is 24.3 Å². The van der Waals surface area contributed by atoms with Gasteiger partial charge in [-0.1, -0.05) is 23.2 Å². The van der Waals surface area contributed by atoms with Crippen LogP contribution in [0.15, 0.2) is 41.3 Å². The Morgan fingerprint density at radius 3 is 2.30 bits per heavy atom. The molecule has 0 aliphatic carbocycles. The van der Waals surface area contributed by atoms with E-state index in [0.29, 0.717) is 15.8 Å². The zero-order chi connectivity index (χ0) is 14.9. The van der Waals surface area contributed by atoms with Crippen LogP contribution in [0.4, 0.5) is 5.69 Å². The van der Waals surface area contributed by atoms with Crippen LogP contribution in [0.5, 0.6) is 11.5 Å². The van der Waals surface area contributed by atoms with Gasteiger partial charge in [0.1, 0.15) is 5.75 Å². The van der Waals surface area contributed by atoms with E-state index < -0.39 is 10.0 Å². The molecule has 0 aliphatic heterocycles. The van der Waals surface area contributed by atoms with Crippen LogP contribution in [0.3, 0.4) is 0 Å². The predicted molar refractivity (Wildman–Crippen MR) is 78.8 cm³/mol. The van der Waals surface area contributed by atoms with Crippen molar-refractivity contribution in [2.45, 2.75) is 4.90 Å². The van der Waals surface area contributed by atoms with Gasteiger partial charge < -0.3 is 10.5 Å². The lowest BCUT2D eigenvalue weighted by atomic mass is 10.3. The molecule has 0 heterocycles. The monoisotopic (exact) mass is 332 g/mol. The van der Waals surface area contributed by atoms with Gasteiger partial charge in [0.15, 0.2) is 5.75 Å². The summed E-state index contributed by atoms with van der Waals surface area (Å²) < 4.78 is 28.1. The van der Waals surface area contributed by atoms with E-state index in [0.717, 1.165) is 0 Å². The second-order valence-corrected chi connectivity index (χ2v) is 6.30. The third kappa shape index (κ3) is 3.34. The highest BCUT2D eigenvalue weighted by atomic mass is 35.5. The number of ether oxygens (including phenoxy) is 1. The summed E-state index contributed by atoms with van der Waals surface area (Å²) in [6.45, 7) is 0. The molecule has 0 spiro atoms. The van der Waals surface area contributed by atoms with Crippen LogP contribution in [-0.4, -0.2) is 8.42 Å². The summed E-state index contributed by atoms with van der Waals surface area (Å²) >= 11 is 11.7. The highest BCUT2D eigenvalue weighted by molar-refractivity contribution is 7.89. The van der Waals surface area contributed by atoms with Gasteiger partial charge in [-0.25, -0.2) is 13.6 Å². The van der Waals surface area contributed by atoms with E-state index in [1.54, 1.807) is 12.1 Å². The van der Waals surface area contributed by atoms with Gasteiger partial charge in [-0.15, -0.1) is 0 Å². The van der Waals surface area contributed by atoms with Crippen LogP contribution in [0.1, 0.15) is 0 Å². The molecule has 0 amide bonds. The van der Waals surface area contributed by atoms with E-state index in [-0.39, 0.29) is 16.3 Å². The van der Waals surface area contributed by atoms with E-state index >= 15 is 0 Å². The Morgan fingerprint density at radius 1 is 1.00 bits per heavy atom. The smallest absolute Gasteiger partial charge is 0.238 e. The van der Waals surface area contributed by atoms with Crippen molar-refractivity contribution in [2.24, 2.45) is 5.14 Å².